The number of fused-ring (bicyclic) bond motifs is 1. The van der Waals surface area contributed by atoms with Crippen LogP contribution >= 0.6 is 34.5 Å². The molecule has 0 aliphatic heterocycles. The van der Waals surface area contributed by atoms with E-state index in [1.165, 1.54) is 18.3 Å². The monoisotopic (exact) mass is 317 g/mol. The van der Waals surface area contributed by atoms with Gasteiger partial charge in [0, 0.05) is 15.1 Å². The Labute approximate surface area is 122 Å². The molecular weight excluding hydrogens is 309 g/mol. The van der Waals surface area contributed by atoms with E-state index in [0.29, 0.717) is 10.0 Å². The molecule has 2 rings (SSSR count). The van der Waals surface area contributed by atoms with Crippen molar-refractivity contribution in [1.29, 1.82) is 0 Å². The standard InChI is InChI=1S/C12H9Cl2NO3S/c1-5(12(17)18)15-11(16)10-9(14)7-3-2-6(13)4-8(7)19-10/h2-5H,1H3,(H,15,16)(H,17,18). The second-order valence-electron chi connectivity index (χ2n) is 3.92. The molecule has 0 saturated carbocycles. The molecule has 1 unspecified atom stereocenters. The van der Waals surface area contributed by atoms with Crippen molar-refractivity contribution in [1.82, 2.24) is 5.32 Å². The molecule has 4 nitrogen and oxygen atoms in total. The van der Waals surface area contributed by atoms with Gasteiger partial charge in [-0.25, -0.2) is 0 Å². The highest BCUT2D eigenvalue weighted by molar-refractivity contribution is 7.21. The van der Waals surface area contributed by atoms with Crippen LogP contribution in [0.5, 0.6) is 0 Å². The van der Waals surface area contributed by atoms with Crippen LogP contribution in [0.15, 0.2) is 18.2 Å². The minimum Gasteiger partial charge on any atom is -0.480 e. The van der Waals surface area contributed by atoms with Crippen LogP contribution in [0.2, 0.25) is 10.0 Å². The highest BCUT2D eigenvalue weighted by Gasteiger charge is 2.21. The summed E-state index contributed by atoms with van der Waals surface area (Å²) in [6.45, 7) is 1.39. The Morgan fingerprint density at radius 3 is 2.68 bits per heavy atom. The van der Waals surface area contributed by atoms with Gasteiger partial charge in [-0.2, -0.15) is 0 Å². The summed E-state index contributed by atoms with van der Waals surface area (Å²) in [7, 11) is 0. The number of halogens is 2. The van der Waals surface area contributed by atoms with Crippen LogP contribution in [0.3, 0.4) is 0 Å². The van der Waals surface area contributed by atoms with Crippen molar-refractivity contribution in [3.63, 3.8) is 0 Å². The molecular formula is C12H9Cl2NO3S. The van der Waals surface area contributed by atoms with Crippen molar-refractivity contribution in [2.24, 2.45) is 0 Å². The average Bonchev–Trinajstić information content (AvgIpc) is 2.66. The molecule has 1 atom stereocenters. The summed E-state index contributed by atoms with van der Waals surface area (Å²) in [6.07, 6.45) is 0. The Kier molecular flexibility index (Phi) is 3.99. The lowest BCUT2D eigenvalue weighted by Crippen LogP contribution is -2.38. The van der Waals surface area contributed by atoms with E-state index in [4.69, 9.17) is 28.3 Å². The van der Waals surface area contributed by atoms with Gasteiger partial charge in [-0.05, 0) is 19.1 Å². The number of thiophene rings is 1. The zero-order valence-electron chi connectivity index (χ0n) is 9.74. The molecule has 100 valence electrons. The van der Waals surface area contributed by atoms with Gasteiger partial charge < -0.3 is 10.4 Å². The van der Waals surface area contributed by atoms with Crippen molar-refractivity contribution in [2.75, 3.05) is 0 Å². The summed E-state index contributed by atoms with van der Waals surface area (Å²) in [5.41, 5.74) is 0. The number of hydrogen-bond donors (Lipinski definition) is 2. The summed E-state index contributed by atoms with van der Waals surface area (Å²) in [6, 6.07) is 4.15. The summed E-state index contributed by atoms with van der Waals surface area (Å²) in [4.78, 5) is 22.9. The number of benzene rings is 1. The van der Waals surface area contributed by atoms with E-state index in [-0.39, 0.29) is 4.88 Å². The lowest BCUT2D eigenvalue weighted by atomic mass is 10.2. The van der Waals surface area contributed by atoms with Gasteiger partial charge in [0.2, 0.25) is 0 Å². The molecule has 19 heavy (non-hydrogen) atoms. The van der Waals surface area contributed by atoms with Gasteiger partial charge >= 0.3 is 5.97 Å². The van der Waals surface area contributed by atoms with Crippen LogP contribution in [0.25, 0.3) is 10.1 Å². The highest BCUT2D eigenvalue weighted by atomic mass is 35.5. The molecule has 1 heterocycles. The highest BCUT2D eigenvalue weighted by Crippen LogP contribution is 2.36. The van der Waals surface area contributed by atoms with Crippen molar-refractivity contribution < 1.29 is 14.7 Å². The fraction of sp³-hybridized carbons (Fsp3) is 0.167. The maximum Gasteiger partial charge on any atom is 0.325 e. The number of hydrogen-bond acceptors (Lipinski definition) is 3. The predicted molar refractivity (Wildman–Crippen MR) is 76.4 cm³/mol. The van der Waals surface area contributed by atoms with Gasteiger partial charge in [0.05, 0.1) is 5.02 Å². The molecule has 2 aromatic rings. The molecule has 2 N–H and O–H groups in total. The average molecular weight is 318 g/mol. The molecule has 1 aromatic carbocycles. The normalized spacial score (nSPS) is 12.4. The third-order valence-corrected chi connectivity index (χ3v) is 4.41. The summed E-state index contributed by atoms with van der Waals surface area (Å²) < 4.78 is 0.783. The molecule has 7 heteroatoms. The van der Waals surface area contributed by atoms with Gasteiger partial charge in [-0.3, -0.25) is 9.59 Å². The second-order valence-corrected chi connectivity index (χ2v) is 5.79. The summed E-state index contributed by atoms with van der Waals surface area (Å²) >= 11 is 13.2. The lowest BCUT2D eigenvalue weighted by molar-refractivity contribution is -0.138. The molecule has 0 spiro atoms. The first-order chi connectivity index (χ1) is 8.90. The van der Waals surface area contributed by atoms with Gasteiger partial charge in [0.25, 0.3) is 5.91 Å². The van der Waals surface area contributed by atoms with E-state index in [1.54, 1.807) is 18.2 Å². The molecule has 0 aliphatic carbocycles. The van der Waals surface area contributed by atoms with E-state index in [2.05, 4.69) is 5.32 Å². The van der Waals surface area contributed by atoms with E-state index in [1.807, 2.05) is 0 Å². The van der Waals surface area contributed by atoms with Crippen molar-refractivity contribution >= 4 is 56.5 Å². The number of carbonyl (C=O) groups is 2. The van der Waals surface area contributed by atoms with E-state index >= 15 is 0 Å². The molecule has 0 saturated heterocycles. The Balaban J connectivity index is 2.37. The molecule has 0 aliphatic rings. The number of nitrogens with one attached hydrogen (secondary N) is 1. The number of carboxylic acids is 1. The minimum absolute atomic E-state index is 0.284. The van der Waals surface area contributed by atoms with Crippen LogP contribution in [0, 0.1) is 0 Å². The third kappa shape index (κ3) is 2.83. The van der Waals surface area contributed by atoms with Gasteiger partial charge in [0.15, 0.2) is 0 Å². The first kappa shape index (κ1) is 14.1. The third-order valence-electron chi connectivity index (χ3n) is 2.52. The number of aliphatic carboxylic acids is 1. The number of amides is 1. The lowest BCUT2D eigenvalue weighted by Gasteiger charge is -2.07. The fourth-order valence-corrected chi connectivity index (χ4v) is 3.21. The van der Waals surface area contributed by atoms with Gasteiger partial charge in [-0.1, -0.05) is 29.3 Å². The molecule has 1 amide bonds. The Morgan fingerprint density at radius 2 is 2.05 bits per heavy atom. The van der Waals surface area contributed by atoms with Crippen LogP contribution in [-0.2, 0) is 4.79 Å². The fourth-order valence-electron chi connectivity index (χ4n) is 1.51. The Hall–Kier alpha value is -1.30. The van der Waals surface area contributed by atoms with E-state index in [0.717, 1.165) is 10.1 Å². The Bertz CT molecular complexity index is 668. The van der Waals surface area contributed by atoms with Gasteiger partial charge in [0.1, 0.15) is 10.9 Å². The molecule has 0 bridgehead atoms. The first-order valence-corrected chi connectivity index (χ1v) is 6.88. The zero-order chi connectivity index (χ0) is 14.2. The zero-order valence-corrected chi connectivity index (χ0v) is 12.1. The first-order valence-electron chi connectivity index (χ1n) is 5.31. The maximum atomic E-state index is 12.0. The maximum absolute atomic E-state index is 12.0. The van der Waals surface area contributed by atoms with Gasteiger partial charge in [-0.15, -0.1) is 11.3 Å². The summed E-state index contributed by atoms with van der Waals surface area (Å²) in [5, 5.41) is 12.7. The van der Waals surface area contributed by atoms with Crippen LogP contribution in [-0.4, -0.2) is 23.0 Å². The quantitative estimate of drug-likeness (QED) is 0.911. The molecule has 0 fully saturated rings. The van der Waals surface area contributed by atoms with E-state index in [9.17, 15) is 9.59 Å². The van der Waals surface area contributed by atoms with E-state index < -0.39 is 17.9 Å². The number of carboxylic acid groups (broad SMARTS) is 1. The largest absolute Gasteiger partial charge is 0.480 e. The van der Waals surface area contributed by atoms with Crippen LogP contribution in [0.1, 0.15) is 16.6 Å². The second kappa shape index (κ2) is 5.36. The van der Waals surface area contributed by atoms with Crippen molar-refractivity contribution in [3.05, 3.63) is 33.1 Å². The van der Waals surface area contributed by atoms with Crippen molar-refractivity contribution in [3.8, 4) is 0 Å². The predicted octanol–water partition coefficient (Wildman–Crippen LogP) is 3.41. The molecule has 1 aromatic heterocycles. The summed E-state index contributed by atoms with van der Waals surface area (Å²) in [5.74, 6) is -1.61. The minimum atomic E-state index is -1.10. The number of rotatable bonds is 3. The van der Waals surface area contributed by atoms with Crippen LogP contribution in [0.4, 0.5) is 0 Å². The smallest absolute Gasteiger partial charge is 0.325 e. The number of carbonyl (C=O) groups excluding carboxylic acids is 1. The topological polar surface area (TPSA) is 66.4 Å². The SMILES string of the molecule is CC(NC(=O)c1sc2cc(Cl)ccc2c1Cl)C(=O)O. The van der Waals surface area contributed by atoms with Crippen molar-refractivity contribution in [2.45, 2.75) is 13.0 Å². The van der Waals surface area contributed by atoms with Crippen LogP contribution < -0.4 is 5.32 Å². The molecule has 0 radical (unpaired) electrons. The Morgan fingerprint density at radius 1 is 1.37 bits per heavy atom.